The van der Waals surface area contributed by atoms with E-state index >= 15 is 0 Å². The number of halogens is 2. The molecule has 0 aromatic carbocycles. The molecule has 0 amide bonds. The molecule has 1 rings (SSSR count). The zero-order chi connectivity index (χ0) is 6.91. The standard InChI is InChI=1S/C5H4F2NO/c1-5(6,7)4-8-2-3-9-4/h3H,1H3. The summed E-state index contributed by atoms with van der Waals surface area (Å²) in [4.78, 5) is 3.15. The van der Waals surface area contributed by atoms with E-state index in [4.69, 9.17) is 0 Å². The molecule has 1 heterocycles. The first kappa shape index (κ1) is 6.19. The van der Waals surface area contributed by atoms with Gasteiger partial charge in [0, 0.05) is 6.92 Å². The van der Waals surface area contributed by atoms with Gasteiger partial charge in [-0.2, -0.15) is 8.78 Å². The first-order valence-electron chi connectivity index (χ1n) is 2.30. The summed E-state index contributed by atoms with van der Waals surface area (Å²) in [5.41, 5.74) is 0. The number of hydrogen-bond acceptors (Lipinski definition) is 2. The molecule has 0 fully saturated rings. The van der Waals surface area contributed by atoms with Crippen LogP contribution < -0.4 is 0 Å². The van der Waals surface area contributed by atoms with E-state index in [2.05, 4.69) is 15.6 Å². The highest BCUT2D eigenvalue weighted by Crippen LogP contribution is 2.24. The Labute approximate surface area is 50.5 Å². The Balaban J connectivity index is 2.90. The summed E-state index contributed by atoms with van der Waals surface area (Å²) in [6.45, 7) is 0.715. The molecule has 0 atom stereocenters. The van der Waals surface area contributed by atoms with Crippen LogP contribution in [0.4, 0.5) is 8.78 Å². The molecule has 0 bridgehead atoms. The van der Waals surface area contributed by atoms with Gasteiger partial charge in [-0.15, -0.1) is 0 Å². The van der Waals surface area contributed by atoms with Crippen LogP contribution >= 0.6 is 0 Å². The van der Waals surface area contributed by atoms with Crippen molar-refractivity contribution >= 4 is 0 Å². The Hall–Kier alpha value is -0.930. The fourth-order valence-corrected chi connectivity index (χ4v) is 0.395. The summed E-state index contributed by atoms with van der Waals surface area (Å²) in [5.74, 6) is -3.58. The van der Waals surface area contributed by atoms with Gasteiger partial charge in [0.05, 0.1) is 0 Å². The fourth-order valence-electron chi connectivity index (χ4n) is 0.395. The van der Waals surface area contributed by atoms with E-state index in [-0.39, 0.29) is 0 Å². The second kappa shape index (κ2) is 1.79. The molecule has 0 aliphatic carbocycles. The van der Waals surface area contributed by atoms with Crippen LogP contribution in [0.15, 0.2) is 10.7 Å². The van der Waals surface area contributed by atoms with Crippen molar-refractivity contribution in [3.8, 4) is 0 Å². The van der Waals surface area contributed by atoms with E-state index in [0.717, 1.165) is 6.26 Å². The normalized spacial score (nSPS) is 11.9. The van der Waals surface area contributed by atoms with Crippen LogP contribution in [0, 0.1) is 6.20 Å². The monoisotopic (exact) mass is 132 g/mol. The third kappa shape index (κ3) is 1.25. The van der Waals surface area contributed by atoms with Gasteiger partial charge in [-0.3, -0.25) is 0 Å². The zero-order valence-corrected chi connectivity index (χ0v) is 4.69. The average Bonchev–Trinajstić information content (AvgIpc) is 2.08. The summed E-state index contributed by atoms with van der Waals surface area (Å²) in [6, 6.07) is 0. The summed E-state index contributed by atoms with van der Waals surface area (Å²) >= 11 is 0. The van der Waals surface area contributed by atoms with Crippen molar-refractivity contribution in [2.45, 2.75) is 12.8 Å². The second-order valence-electron chi connectivity index (χ2n) is 1.67. The maximum atomic E-state index is 12.1. The summed E-state index contributed by atoms with van der Waals surface area (Å²) in [6.07, 6.45) is 3.13. The molecule has 0 unspecified atom stereocenters. The van der Waals surface area contributed by atoms with Crippen molar-refractivity contribution in [1.29, 1.82) is 0 Å². The van der Waals surface area contributed by atoms with Crippen molar-refractivity contribution in [3.05, 3.63) is 18.4 Å². The van der Waals surface area contributed by atoms with E-state index in [9.17, 15) is 8.78 Å². The topological polar surface area (TPSA) is 26.0 Å². The third-order valence-corrected chi connectivity index (χ3v) is 0.765. The van der Waals surface area contributed by atoms with E-state index in [1.54, 1.807) is 0 Å². The van der Waals surface area contributed by atoms with Crippen LogP contribution in [0.3, 0.4) is 0 Å². The highest BCUT2D eigenvalue weighted by molar-refractivity contribution is 4.86. The highest BCUT2D eigenvalue weighted by Gasteiger charge is 2.29. The number of oxazole rings is 1. The summed E-state index contributed by atoms with van der Waals surface area (Å²) in [7, 11) is 0. The van der Waals surface area contributed by atoms with Gasteiger partial charge < -0.3 is 4.42 Å². The van der Waals surface area contributed by atoms with Crippen molar-refractivity contribution in [3.63, 3.8) is 0 Å². The van der Waals surface area contributed by atoms with Crippen LogP contribution in [0.2, 0.25) is 0 Å². The van der Waals surface area contributed by atoms with Gasteiger partial charge in [-0.1, -0.05) is 0 Å². The molecular weight excluding hydrogens is 128 g/mol. The van der Waals surface area contributed by atoms with E-state index in [1.807, 2.05) is 0 Å². The minimum absolute atomic E-state index is 0.595. The molecule has 0 aliphatic rings. The van der Waals surface area contributed by atoms with Crippen LogP contribution in [0.5, 0.6) is 0 Å². The van der Waals surface area contributed by atoms with Gasteiger partial charge in [-0.05, 0) is 0 Å². The molecule has 0 aliphatic heterocycles. The number of hydrogen-bond donors (Lipinski definition) is 0. The third-order valence-electron chi connectivity index (χ3n) is 0.765. The fraction of sp³-hybridized carbons (Fsp3) is 0.400. The summed E-state index contributed by atoms with van der Waals surface area (Å²) in [5, 5.41) is 0. The van der Waals surface area contributed by atoms with Gasteiger partial charge in [0.25, 0.3) is 5.89 Å². The SMILES string of the molecule is CC(F)(F)c1n[c]co1. The van der Waals surface area contributed by atoms with Gasteiger partial charge in [0.2, 0.25) is 0 Å². The maximum absolute atomic E-state index is 12.1. The molecule has 1 aromatic heterocycles. The first-order chi connectivity index (χ1) is 4.11. The van der Waals surface area contributed by atoms with Gasteiger partial charge >= 0.3 is 5.92 Å². The molecule has 4 heteroatoms. The average molecular weight is 132 g/mol. The lowest BCUT2D eigenvalue weighted by atomic mass is 10.4. The number of nitrogens with zero attached hydrogens (tertiary/aromatic N) is 1. The lowest BCUT2D eigenvalue weighted by Gasteiger charge is -2.01. The summed E-state index contributed by atoms with van der Waals surface area (Å²) < 4.78 is 28.5. The minimum atomic E-state index is -2.99. The molecule has 2 nitrogen and oxygen atoms in total. The Morgan fingerprint density at radius 2 is 2.44 bits per heavy atom. The van der Waals surface area contributed by atoms with Crippen LogP contribution in [0.1, 0.15) is 12.8 Å². The van der Waals surface area contributed by atoms with Crippen molar-refractivity contribution in [2.24, 2.45) is 0 Å². The number of rotatable bonds is 1. The molecule has 1 radical (unpaired) electrons. The largest absolute Gasteiger partial charge is 0.443 e. The van der Waals surface area contributed by atoms with Gasteiger partial charge in [0.15, 0.2) is 0 Å². The second-order valence-corrected chi connectivity index (χ2v) is 1.67. The molecular formula is C5H4F2NO. The van der Waals surface area contributed by atoms with Crippen molar-refractivity contribution in [2.75, 3.05) is 0 Å². The lowest BCUT2D eigenvalue weighted by molar-refractivity contribution is -0.0109. The highest BCUT2D eigenvalue weighted by atomic mass is 19.3. The Bertz CT molecular complexity index is 177. The van der Waals surface area contributed by atoms with E-state index in [1.165, 1.54) is 0 Å². The Kier molecular flexibility index (Phi) is 1.23. The zero-order valence-electron chi connectivity index (χ0n) is 4.69. The predicted octanol–water partition coefficient (Wildman–Crippen LogP) is 1.59. The maximum Gasteiger partial charge on any atom is 0.319 e. The van der Waals surface area contributed by atoms with Crippen molar-refractivity contribution in [1.82, 2.24) is 4.98 Å². The first-order valence-corrected chi connectivity index (χ1v) is 2.30. The Morgan fingerprint density at radius 1 is 1.78 bits per heavy atom. The smallest absolute Gasteiger partial charge is 0.319 e. The molecule has 1 aromatic rings. The van der Waals surface area contributed by atoms with Crippen LogP contribution in [0.25, 0.3) is 0 Å². The lowest BCUT2D eigenvalue weighted by Crippen LogP contribution is -2.06. The number of aromatic nitrogens is 1. The molecule has 0 saturated carbocycles. The van der Waals surface area contributed by atoms with Crippen LogP contribution in [-0.4, -0.2) is 4.98 Å². The molecule has 0 N–H and O–H groups in total. The van der Waals surface area contributed by atoms with Gasteiger partial charge in [0.1, 0.15) is 12.5 Å². The quantitative estimate of drug-likeness (QED) is 0.579. The predicted molar refractivity (Wildman–Crippen MR) is 24.9 cm³/mol. The minimum Gasteiger partial charge on any atom is -0.443 e. The van der Waals surface area contributed by atoms with Crippen molar-refractivity contribution < 1.29 is 13.2 Å². The molecule has 0 spiro atoms. The molecule has 49 valence electrons. The molecule has 9 heavy (non-hydrogen) atoms. The van der Waals surface area contributed by atoms with Crippen LogP contribution in [-0.2, 0) is 5.92 Å². The number of alkyl halides is 2. The molecule has 0 saturated heterocycles. The van der Waals surface area contributed by atoms with E-state index < -0.39 is 11.8 Å². The Morgan fingerprint density at radius 3 is 2.67 bits per heavy atom. The van der Waals surface area contributed by atoms with Gasteiger partial charge in [-0.25, -0.2) is 4.98 Å². The van der Waals surface area contributed by atoms with E-state index in [0.29, 0.717) is 6.92 Å².